The second-order valence-electron chi connectivity index (χ2n) is 2.73. The molecule has 0 bridgehead atoms. The molecule has 0 N–H and O–H groups in total. The summed E-state index contributed by atoms with van der Waals surface area (Å²) in [6, 6.07) is 0. The molecule has 1 aromatic rings. The average molecular weight is 228 g/mol. The fourth-order valence-corrected chi connectivity index (χ4v) is 5.37. The van der Waals surface area contributed by atoms with E-state index in [4.69, 9.17) is 11.2 Å². The van der Waals surface area contributed by atoms with E-state index in [1.807, 2.05) is 0 Å². The number of hydrogen-bond donors (Lipinski definition) is 0. The van der Waals surface area contributed by atoms with Crippen LogP contribution in [0.15, 0.2) is 29.6 Å². The summed E-state index contributed by atoms with van der Waals surface area (Å²) < 4.78 is 0. The third kappa shape index (κ3) is 1.82. The second kappa shape index (κ2) is 3.86. The van der Waals surface area contributed by atoms with Crippen molar-refractivity contribution in [1.82, 2.24) is 9.97 Å². The Labute approximate surface area is 87.9 Å². The minimum absolute atomic E-state index is 0.0868. The van der Waals surface area contributed by atoms with Crippen LogP contribution in [0.1, 0.15) is 17.9 Å². The van der Waals surface area contributed by atoms with Gasteiger partial charge in [0.2, 0.25) is 0 Å². The van der Waals surface area contributed by atoms with E-state index in [-0.39, 0.29) is 8.49 Å². The lowest BCUT2D eigenvalue weighted by Gasteiger charge is -2.10. The highest BCUT2D eigenvalue weighted by Crippen LogP contribution is 2.40. The van der Waals surface area contributed by atoms with E-state index < -0.39 is 0 Å². The van der Waals surface area contributed by atoms with Gasteiger partial charge in [0.25, 0.3) is 0 Å². The number of hydrogen-bond acceptors (Lipinski definition) is 4. The van der Waals surface area contributed by atoms with Crippen LogP contribution in [0, 0.1) is 0 Å². The minimum Gasteiger partial charge on any atom is -0.261 e. The molecule has 0 aliphatic carbocycles. The van der Waals surface area contributed by atoms with Gasteiger partial charge in [-0.3, -0.25) is 9.97 Å². The van der Waals surface area contributed by atoms with Gasteiger partial charge in [-0.15, -0.1) is 0 Å². The molecule has 0 amide bonds. The zero-order chi connectivity index (χ0) is 9.26. The van der Waals surface area contributed by atoms with Crippen molar-refractivity contribution in [2.24, 2.45) is 0 Å². The van der Waals surface area contributed by atoms with Crippen molar-refractivity contribution < 1.29 is 0 Å². The second-order valence-corrected chi connectivity index (χ2v) is 7.51. The maximum absolute atomic E-state index is 5.35. The van der Waals surface area contributed by atoms with Crippen molar-refractivity contribution in [3.05, 3.63) is 35.3 Å². The van der Waals surface area contributed by atoms with E-state index in [9.17, 15) is 0 Å². The Morgan fingerprint density at radius 1 is 1.54 bits per heavy atom. The number of nitrogens with zero attached hydrogens (tertiary/aromatic N) is 2. The molecular formula is C8H8N2S3. The summed E-state index contributed by atoms with van der Waals surface area (Å²) in [5.41, 5.74) is 2.31. The van der Waals surface area contributed by atoms with E-state index in [1.54, 1.807) is 29.4 Å². The molecule has 1 aromatic heterocycles. The highest BCUT2D eigenvalue weighted by atomic mass is 33.3. The van der Waals surface area contributed by atoms with Gasteiger partial charge in [-0.1, -0.05) is 10.8 Å². The molecule has 2 atom stereocenters. The first-order chi connectivity index (χ1) is 6.29. The van der Waals surface area contributed by atoms with Gasteiger partial charge < -0.3 is 0 Å². The summed E-state index contributed by atoms with van der Waals surface area (Å²) in [5, 5.41) is 2.43. The first kappa shape index (κ1) is 9.30. The Bertz CT molecular complexity index is 361. The topological polar surface area (TPSA) is 25.8 Å². The van der Waals surface area contributed by atoms with Crippen molar-refractivity contribution in [1.29, 1.82) is 0 Å². The smallest absolute Gasteiger partial charge is 0.0846 e. The lowest BCUT2D eigenvalue weighted by Crippen LogP contribution is -2.02. The van der Waals surface area contributed by atoms with Crippen LogP contribution in [0.5, 0.6) is 0 Å². The summed E-state index contributed by atoms with van der Waals surface area (Å²) in [4.78, 5) is 8.34. The molecule has 68 valence electrons. The van der Waals surface area contributed by atoms with Gasteiger partial charge in [0.15, 0.2) is 0 Å². The predicted octanol–water partition coefficient (Wildman–Crippen LogP) is 2.16. The monoisotopic (exact) mass is 228 g/mol. The van der Waals surface area contributed by atoms with Gasteiger partial charge in [-0.05, 0) is 37.6 Å². The third-order valence-corrected chi connectivity index (χ3v) is 6.16. The van der Waals surface area contributed by atoms with Crippen LogP contribution in [-0.2, 0) is 19.7 Å². The van der Waals surface area contributed by atoms with E-state index in [2.05, 4.69) is 22.3 Å². The first-order valence-electron chi connectivity index (χ1n) is 3.79. The Kier molecular flexibility index (Phi) is 2.76. The van der Waals surface area contributed by atoms with E-state index >= 15 is 0 Å². The highest BCUT2D eigenvalue weighted by molar-refractivity contribution is 8.84. The molecule has 5 heteroatoms. The van der Waals surface area contributed by atoms with Crippen molar-refractivity contribution in [3.8, 4) is 0 Å². The summed E-state index contributed by atoms with van der Waals surface area (Å²) in [7, 11) is 1.63. The normalized spacial score (nSPS) is 27.3. The number of rotatable bonds is 1. The lowest BCUT2D eigenvalue weighted by molar-refractivity contribution is 0.998. The Morgan fingerprint density at radius 3 is 2.92 bits per heavy atom. The summed E-state index contributed by atoms with van der Waals surface area (Å²) >= 11 is 5.35. The van der Waals surface area contributed by atoms with Crippen LogP contribution < -0.4 is 0 Å². The molecule has 1 aliphatic heterocycles. The zero-order valence-corrected chi connectivity index (χ0v) is 9.46. The molecule has 2 nitrogen and oxygen atoms in total. The molecule has 0 fully saturated rings. The van der Waals surface area contributed by atoms with Crippen LogP contribution in [0.4, 0.5) is 0 Å². The lowest BCUT2D eigenvalue weighted by atomic mass is 10.2. The molecule has 0 aromatic carbocycles. The maximum Gasteiger partial charge on any atom is 0.0846 e. The van der Waals surface area contributed by atoms with E-state index in [0.717, 1.165) is 5.69 Å². The molecule has 0 saturated heterocycles. The minimum atomic E-state index is -0.0868. The van der Waals surface area contributed by atoms with Crippen LogP contribution in [0.25, 0.3) is 0 Å². The summed E-state index contributed by atoms with van der Waals surface area (Å²) in [5.74, 6) is 0. The molecule has 2 unspecified atom stereocenters. The molecule has 2 rings (SSSR count). The van der Waals surface area contributed by atoms with Crippen molar-refractivity contribution in [3.63, 3.8) is 0 Å². The molecule has 0 radical (unpaired) electrons. The molecule has 0 spiro atoms. The highest BCUT2D eigenvalue weighted by Gasteiger charge is 2.24. The predicted molar refractivity (Wildman–Crippen MR) is 60.9 cm³/mol. The third-order valence-electron chi connectivity index (χ3n) is 1.79. The van der Waals surface area contributed by atoms with Gasteiger partial charge in [0.05, 0.1) is 10.9 Å². The molecule has 1 aliphatic rings. The van der Waals surface area contributed by atoms with E-state index in [0.29, 0.717) is 5.25 Å². The molecular weight excluding hydrogens is 220 g/mol. The van der Waals surface area contributed by atoms with Gasteiger partial charge in [0, 0.05) is 18.6 Å². The quantitative estimate of drug-likeness (QED) is 0.688. The fourth-order valence-electron chi connectivity index (χ4n) is 1.17. The van der Waals surface area contributed by atoms with Crippen molar-refractivity contribution >= 4 is 30.5 Å². The number of aromatic nitrogens is 2. The molecule has 13 heavy (non-hydrogen) atoms. The SMILES string of the molecule is CC1=CSS(=S)C1c1cnccn1. The van der Waals surface area contributed by atoms with Crippen LogP contribution in [-0.4, -0.2) is 9.97 Å². The van der Waals surface area contributed by atoms with Crippen LogP contribution in [0.2, 0.25) is 0 Å². The van der Waals surface area contributed by atoms with Crippen LogP contribution >= 0.6 is 10.8 Å². The van der Waals surface area contributed by atoms with Crippen molar-refractivity contribution in [2.45, 2.75) is 12.2 Å². The van der Waals surface area contributed by atoms with Crippen molar-refractivity contribution in [2.75, 3.05) is 0 Å². The summed E-state index contributed by atoms with van der Waals surface area (Å²) in [6.45, 7) is 2.10. The Hall–Kier alpha value is -0.260. The van der Waals surface area contributed by atoms with Gasteiger partial charge in [-0.2, -0.15) is 0 Å². The fraction of sp³-hybridized carbons (Fsp3) is 0.250. The van der Waals surface area contributed by atoms with Gasteiger partial charge in [0.1, 0.15) is 0 Å². The maximum atomic E-state index is 5.35. The largest absolute Gasteiger partial charge is 0.261 e. The molecule has 2 heterocycles. The van der Waals surface area contributed by atoms with Gasteiger partial charge >= 0.3 is 0 Å². The van der Waals surface area contributed by atoms with Crippen LogP contribution in [0.3, 0.4) is 0 Å². The standard InChI is InChI=1S/C8H8N2S3/c1-6-5-12-13(11)8(6)7-4-9-2-3-10-7/h2-5,8H,1H3. The first-order valence-corrected chi connectivity index (χ1v) is 7.40. The Balaban J connectivity index is 2.36. The molecule has 0 saturated carbocycles. The van der Waals surface area contributed by atoms with E-state index in [1.165, 1.54) is 5.57 Å². The average Bonchev–Trinajstić information content (AvgIpc) is 2.48. The van der Waals surface area contributed by atoms with Gasteiger partial charge in [-0.25, -0.2) is 0 Å². The zero-order valence-electron chi connectivity index (χ0n) is 7.01. The Morgan fingerprint density at radius 2 is 2.38 bits per heavy atom. The summed E-state index contributed by atoms with van der Waals surface area (Å²) in [6.07, 6.45) is 5.21.